The number of β-amino-alcohol motifs (C(OH)–C–C–N with tert-alkyl or cyclic N) is 1. The maximum atomic E-state index is 10.8. The normalized spacial score (nSPS) is 27.0. The summed E-state index contributed by atoms with van der Waals surface area (Å²) in [4.78, 5) is 13.2. The molecule has 1 saturated heterocycles. The van der Waals surface area contributed by atoms with E-state index in [2.05, 4.69) is 4.90 Å². The third-order valence-corrected chi connectivity index (χ3v) is 4.74. The number of carboxylic acid groups (broad SMARTS) is 1. The Morgan fingerprint density at radius 2 is 1.77 bits per heavy atom. The van der Waals surface area contributed by atoms with Gasteiger partial charge < -0.3 is 14.9 Å². The van der Waals surface area contributed by atoms with E-state index in [9.17, 15) is 9.90 Å². The van der Waals surface area contributed by atoms with Gasteiger partial charge in [0, 0.05) is 19.1 Å². The van der Waals surface area contributed by atoms with E-state index >= 15 is 0 Å². The van der Waals surface area contributed by atoms with Crippen molar-refractivity contribution in [2.45, 2.75) is 50.4 Å². The summed E-state index contributed by atoms with van der Waals surface area (Å²) in [5.41, 5.74) is 0.239. The minimum Gasteiger partial charge on any atom is -0.486 e. The van der Waals surface area contributed by atoms with Gasteiger partial charge in [-0.3, -0.25) is 4.90 Å². The maximum Gasteiger partial charge on any atom is 0.335 e. The molecule has 0 spiro atoms. The first-order valence-corrected chi connectivity index (χ1v) is 8.05. The zero-order valence-electron chi connectivity index (χ0n) is 12.6. The fraction of sp³-hybridized carbons (Fsp3) is 0.588. The van der Waals surface area contributed by atoms with Crippen molar-refractivity contribution in [2.24, 2.45) is 0 Å². The number of rotatable bonds is 4. The van der Waals surface area contributed by atoms with Crippen molar-refractivity contribution < 1.29 is 19.7 Å². The van der Waals surface area contributed by atoms with Crippen LogP contribution in [-0.2, 0) is 0 Å². The highest BCUT2D eigenvalue weighted by molar-refractivity contribution is 5.87. The van der Waals surface area contributed by atoms with E-state index in [1.54, 1.807) is 12.1 Å². The Kier molecular flexibility index (Phi) is 4.64. The summed E-state index contributed by atoms with van der Waals surface area (Å²) in [6, 6.07) is 6.93. The maximum absolute atomic E-state index is 10.8. The van der Waals surface area contributed by atoms with Gasteiger partial charge in [0.05, 0.1) is 5.56 Å². The van der Waals surface area contributed by atoms with Crippen LogP contribution in [0.25, 0.3) is 0 Å². The van der Waals surface area contributed by atoms with Gasteiger partial charge in [0.2, 0.25) is 0 Å². The molecule has 3 rings (SSSR count). The number of hydrogen-bond acceptors (Lipinski definition) is 4. The Morgan fingerprint density at radius 3 is 2.41 bits per heavy atom. The van der Waals surface area contributed by atoms with Crippen molar-refractivity contribution in [1.82, 2.24) is 4.90 Å². The van der Waals surface area contributed by atoms with E-state index in [1.165, 1.54) is 44.2 Å². The van der Waals surface area contributed by atoms with E-state index < -0.39 is 12.1 Å². The van der Waals surface area contributed by atoms with E-state index in [-0.39, 0.29) is 11.7 Å². The molecular weight excluding hydrogens is 282 g/mol. The number of benzene rings is 1. The summed E-state index contributed by atoms with van der Waals surface area (Å²) >= 11 is 0. The van der Waals surface area contributed by atoms with Crippen molar-refractivity contribution in [2.75, 3.05) is 13.1 Å². The predicted molar refractivity (Wildman–Crippen MR) is 82.3 cm³/mol. The summed E-state index contributed by atoms with van der Waals surface area (Å²) in [5.74, 6) is -0.338. The van der Waals surface area contributed by atoms with Gasteiger partial charge in [0.15, 0.2) is 0 Å². The number of nitrogens with zero attached hydrogens (tertiary/aromatic N) is 1. The molecule has 22 heavy (non-hydrogen) atoms. The number of aliphatic hydroxyl groups excluding tert-OH is 1. The van der Waals surface area contributed by atoms with Gasteiger partial charge in [0.1, 0.15) is 18.0 Å². The molecule has 0 radical (unpaired) electrons. The molecule has 1 aliphatic heterocycles. The average Bonchev–Trinajstić information content (AvgIpc) is 2.90. The Hall–Kier alpha value is -1.59. The van der Waals surface area contributed by atoms with Crippen molar-refractivity contribution in [3.63, 3.8) is 0 Å². The van der Waals surface area contributed by atoms with Crippen molar-refractivity contribution >= 4 is 5.97 Å². The lowest BCUT2D eigenvalue weighted by Gasteiger charge is -2.30. The van der Waals surface area contributed by atoms with Crippen LogP contribution in [0.3, 0.4) is 0 Å². The summed E-state index contributed by atoms with van der Waals surface area (Å²) in [6.07, 6.45) is 5.58. The van der Waals surface area contributed by atoms with Crippen LogP contribution in [0, 0.1) is 0 Å². The van der Waals surface area contributed by atoms with Gasteiger partial charge in [-0.1, -0.05) is 19.3 Å². The third-order valence-electron chi connectivity index (χ3n) is 4.74. The van der Waals surface area contributed by atoms with Crippen LogP contribution in [0.1, 0.15) is 42.5 Å². The molecule has 5 nitrogen and oxygen atoms in total. The van der Waals surface area contributed by atoms with Crippen LogP contribution in [0.15, 0.2) is 24.3 Å². The molecule has 1 aromatic carbocycles. The minimum atomic E-state index is -0.948. The van der Waals surface area contributed by atoms with Crippen LogP contribution in [-0.4, -0.2) is 52.4 Å². The number of carbonyl (C=O) groups is 1. The standard InChI is InChI=1S/C17H23NO4/c19-15-10-18(13-4-2-1-3-5-13)11-16(15)22-14-8-6-12(7-9-14)17(20)21/h6-9,13,15-16,19H,1-5,10-11H2,(H,20,21)/t15-,16-/m1/s1. The van der Waals surface area contributed by atoms with Crippen LogP contribution in [0.5, 0.6) is 5.75 Å². The summed E-state index contributed by atoms with van der Waals surface area (Å²) in [7, 11) is 0. The average molecular weight is 305 g/mol. The van der Waals surface area contributed by atoms with E-state index in [0.717, 1.165) is 6.54 Å². The lowest BCUT2D eigenvalue weighted by Crippen LogP contribution is -2.36. The number of carboxylic acids is 1. The lowest BCUT2D eigenvalue weighted by atomic mass is 9.94. The number of aromatic carboxylic acids is 1. The lowest BCUT2D eigenvalue weighted by molar-refractivity contribution is 0.0693. The van der Waals surface area contributed by atoms with Gasteiger partial charge in [-0.15, -0.1) is 0 Å². The number of aliphatic hydroxyl groups is 1. The van der Waals surface area contributed by atoms with Crippen LogP contribution in [0.2, 0.25) is 0 Å². The van der Waals surface area contributed by atoms with Crippen molar-refractivity contribution in [3.05, 3.63) is 29.8 Å². The molecule has 1 heterocycles. The smallest absolute Gasteiger partial charge is 0.335 e. The predicted octanol–water partition coefficient (Wildman–Crippen LogP) is 2.14. The molecule has 1 saturated carbocycles. The SMILES string of the molecule is O=C(O)c1ccc(O[C@@H]2CN(C3CCCCC3)C[C@H]2O)cc1. The van der Waals surface area contributed by atoms with Crippen LogP contribution in [0.4, 0.5) is 0 Å². The number of ether oxygens (including phenoxy) is 1. The molecule has 2 atom stereocenters. The topological polar surface area (TPSA) is 70.0 Å². The van der Waals surface area contributed by atoms with Gasteiger partial charge in [-0.25, -0.2) is 4.79 Å². The molecule has 1 aromatic rings. The van der Waals surface area contributed by atoms with Gasteiger partial charge in [0.25, 0.3) is 0 Å². The van der Waals surface area contributed by atoms with E-state index in [0.29, 0.717) is 18.3 Å². The quantitative estimate of drug-likeness (QED) is 0.892. The highest BCUT2D eigenvalue weighted by Crippen LogP contribution is 2.27. The van der Waals surface area contributed by atoms with E-state index in [4.69, 9.17) is 9.84 Å². The molecule has 0 unspecified atom stereocenters. The Morgan fingerprint density at radius 1 is 1.09 bits per heavy atom. The second-order valence-electron chi connectivity index (χ2n) is 6.30. The molecule has 2 N–H and O–H groups in total. The monoisotopic (exact) mass is 305 g/mol. The second kappa shape index (κ2) is 6.67. The third kappa shape index (κ3) is 3.42. The van der Waals surface area contributed by atoms with Crippen molar-refractivity contribution in [1.29, 1.82) is 0 Å². The Bertz CT molecular complexity index is 510. The molecule has 2 fully saturated rings. The zero-order valence-corrected chi connectivity index (χ0v) is 12.6. The first-order chi connectivity index (χ1) is 10.6. The Labute approximate surface area is 130 Å². The van der Waals surface area contributed by atoms with Crippen LogP contribution >= 0.6 is 0 Å². The Balaban J connectivity index is 1.59. The summed E-state index contributed by atoms with van der Waals surface area (Å²) in [5, 5.41) is 19.1. The summed E-state index contributed by atoms with van der Waals surface area (Å²) in [6.45, 7) is 1.41. The molecule has 0 bridgehead atoms. The minimum absolute atomic E-state index is 0.238. The summed E-state index contributed by atoms with van der Waals surface area (Å²) < 4.78 is 5.86. The highest BCUT2D eigenvalue weighted by Gasteiger charge is 2.36. The first kappa shape index (κ1) is 15.3. The van der Waals surface area contributed by atoms with Crippen molar-refractivity contribution in [3.8, 4) is 5.75 Å². The zero-order chi connectivity index (χ0) is 15.5. The highest BCUT2D eigenvalue weighted by atomic mass is 16.5. The fourth-order valence-electron chi connectivity index (χ4n) is 3.50. The fourth-order valence-corrected chi connectivity index (χ4v) is 3.50. The molecule has 2 aliphatic rings. The number of likely N-dealkylation sites (tertiary alicyclic amines) is 1. The largest absolute Gasteiger partial charge is 0.486 e. The first-order valence-electron chi connectivity index (χ1n) is 8.05. The van der Waals surface area contributed by atoms with Crippen LogP contribution < -0.4 is 4.74 Å². The molecule has 0 amide bonds. The molecule has 0 aromatic heterocycles. The molecule has 120 valence electrons. The molecular formula is C17H23NO4. The van der Waals surface area contributed by atoms with Gasteiger partial charge in [-0.05, 0) is 37.1 Å². The second-order valence-corrected chi connectivity index (χ2v) is 6.30. The molecule has 5 heteroatoms. The molecule has 1 aliphatic carbocycles. The number of hydrogen-bond donors (Lipinski definition) is 2. The van der Waals surface area contributed by atoms with Gasteiger partial charge in [-0.2, -0.15) is 0 Å². The van der Waals surface area contributed by atoms with E-state index in [1.807, 2.05) is 0 Å². The van der Waals surface area contributed by atoms with Gasteiger partial charge >= 0.3 is 5.97 Å².